The normalized spacial score (nSPS) is 13.3. The van der Waals surface area contributed by atoms with Gasteiger partial charge in [0.2, 0.25) is 0 Å². The number of rotatable bonds is 8. The lowest BCUT2D eigenvalue weighted by atomic mass is 10.1. The van der Waals surface area contributed by atoms with Crippen LogP contribution in [-0.2, 0) is 16.1 Å². The van der Waals surface area contributed by atoms with Gasteiger partial charge in [0.15, 0.2) is 17.2 Å². The lowest BCUT2D eigenvalue weighted by Crippen LogP contribution is -2.42. The summed E-state index contributed by atoms with van der Waals surface area (Å²) >= 11 is 6.33. The Labute approximate surface area is 201 Å². The maximum absolute atomic E-state index is 13.2. The molecular formula is C23H29ClN4O6. The van der Waals surface area contributed by atoms with E-state index in [2.05, 4.69) is 4.98 Å². The van der Waals surface area contributed by atoms with Crippen LogP contribution in [0.2, 0.25) is 5.02 Å². The Morgan fingerprint density at radius 3 is 2.76 bits per heavy atom. The molecule has 3 N–H and O–H groups in total. The Bertz CT molecular complexity index is 1190. The van der Waals surface area contributed by atoms with Gasteiger partial charge in [0.25, 0.3) is 11.5 Å². The van der Waals surface area contributed by atoms with Crippen molar-refractivity contribution in [1.29, 1.82) is 0 Å². The predicted octanol–water partition coefficient (Wildman–Crippen LogP) is 2.28. The zero-order chi connectivity index (χ0) is 24.8. The first kappa shape index (κ1) is 25.4. The number of carbonyl (C=O) groups is 1. The Kier molecular flexibility index (Phi) is 8.41. The van der Waals surface area contributed by atoms with Gasteiger partial charge in [-0.15, -0.1) is 0 Å². The number of ether oxygens (including phenoxy) is 3. The van der Waals surface area contributed by atoms with Gasteiger partial charge in [-0.05, 0) is 29.7 Å². The third-order valence-corrected chi connectivity index (χ3v) is 5.34. The number of nitrogens with two attached hydrogens (primary N) is 1. The number of H-pyrrole nitrogens is 1. The summed E-state index contributed by atoms with van der Waals surface area (Å²) in [5, 5.41) is 0.365. The van der Waals surface area contributed by atoms with Crippen LogP contribution < -0.4 is 31.4 Å². The van der Waals surface area contributed by atoms with Crippen molar-refractivity contribution in [3.05, 3.63) is 49.6 Å². The second-order valence-corrected chi connectivity index (χ2v) is 8.60. The highest BCUT2D eigenvalue weighted by molar-refractivity contribution is 6.32. The number of carbonyl (C=O) groups excluding carboxylic acids is 1. The average Bonchev–Trinajstić information content (AvgIpc) is 3.03. The molecule has 0 fully saturated rings. The molecule has 0 spiro atoms. The zero-order valence-corrected chi connectivity index (χ0v) is 20.2. The van der Waals surface area contributed by atoms with Gasteiger partial charge in [-0.2, -0.15) is 0 Å². The van der Waals surface area contributed by atoms with Gasteiger partial charge >= 0.3 is 5.69 Å². The standard InChI is InChI=1S/C23H29ClN4O6/c1-14(2)13-28-21(25)19(22(30)26-23(28)31)27(7-10-32-3)18(29)6-5-15-11-16(24)20-17(12-15)33-8-4-9-34-20/h5-6,11-12,14H,4,7-10,13,25H2,1-3H3,(H,26,30,31)/b6-5+. The van der Waals surface area contributed by atoms with Crippen molar-refractivity contribution in [2.45, 2.75) is 26.8 Å². The van der Waals surface area contributed by atoms with Crippen LogP contribution in [0, 0.1) is 5.92 Å². The SMILES string of the molecule is COCCN(C(=O)/C=C/c1cc(Cl)c2c(c1)OCCCO2)c1c(N)n(CC(C)C)c(=O)[nH]c1=O. The van der Waals surface area contributed by atoms with Gasteiger partial charge in [0, 0.05) is 32.7 Å². The van der Waals surface area contributed by atoms with Gasteiger partial charge in [-0.3, -0.25) is 24.0 Å². The quantitative estimate of drug-likeness (QED) is 0.541. The van der Waals surface area contributed by atoms with Crippen molar-refractivity contribution >= 4 is 35.1 Å². The number of halogens is 1. The minimum atomic E-state index is -0.751. The van der Waals surface area contributed by atoms with E-state index >= 15 is 0 Å². The van der Waals surface area contributed by atoms with E-state index in [1.165, 1.54) is 22.7 Å². The van der Waals surface area contributed by atoms with Crippen molar-refractivity contribution in [2.24, 2.45) is 5.92 Å². The third-order valence-electron chi connectivity index (χ3n) is 5.06. The highest BCUT2D eigenvalue weighted by atomic mass is 35.5. The molecule has 0 atom stereocenters. The summed E-state index contributed by atoms with van der Waals surface area (Å²) in [6, 6.07) is 3.38. The number of nitrogens with one attached hydrogen (secondary N) is 1. The van der Waals surface area contributed by atoms with Gasteiger partial charge in [0.05, 0.1) is 24.8 Å². The molecule has 1 aliphatic rings. The average molecular weight is 493 g/mol. The Balaban J connectivity index is 1.97. The minimum absolute atomic E-state index is 0.0503. The first-order valence-electron chi connectivity index (χ1n) is 10.9. The topological polar surface area (TPSA) is 129 Å². The maximum Gasteiger partial charge on any atom is 0.330 e. The second-order valence-electron chi connectivity index (χ2n) is 8.19. The molecule has 1 amide bonds. The van der Waals surface area contributed by atoms with Gasteiger partial charge in [0.1, 0.15) is 5.82 Å². The van der Waals surface area contributed by atoms with E-state index in [0.29, 0.717) is 35.3 Å². The lowest BCUT2D eigenvalue weighted by molar-refractivity contribution is -0.114. The van der Waals surface area contributed by atoms with E-state index < -0.39 is 17.2 Å². The smallest absolute Gasteiger partial charge is 0.330 e. The van der Waals surface area contributed by atoms with Crippen molar-refractivity contribution < 1.29 is 19.0 Å². The van der Waals surface area contributed by atoms with Gasteiger partial charge < -0.3 is 19.9 Å². The van der Waals surface area contributed by atoms with Crippen LogP contribution in [0.3, 0.4) is 0 Å². The first-order valence-corrected chi connectivity index (χ1v) is 11.3. The Morgan fingerprint density at radius 1 is 1.32 bits per heavy atom. The number of anilines is 2. The highest BCUT2D eigenvalue weighted by Crippen LogP contribution is 2.38. The van der Waals surface area contributed by atoms with Crippen LogP contribution in [0.25, 0.3) is 6.08 Å². The molecule has 34 heavy (non-hydrogen) atoms. The van der Waals surface area contributed by atoms with E-state index in [1.807, 2.05) is 13.8 Å². The Hall–Kier alpha value is -3.24. The molecule has 0 unspecified atom stereocenters. The lowest BCUT2D eigenvalue weighted by Gasteiger charge is -2.23. The largest absolute Gasteiger partial charge is 0.489 e. The third kappa shape index (κ3) is 5.81. The van der Waals surface area contributed by atoms with E-state index in [9.17, 15) is 14.4 Å². The maximum atomic E-state index is 13.2. The summed E-state index contributed by atoms with van der Waals surface area (Å²) in [7, 11) is 1.48. The molecule has 0 aliphatic carbocycles. The van der Waals surface area contributed by atoms with Crippen LogP contribution in [0.1, 0.15) is 25.8 Å². The highest BCUT2D eigenvalue weighted by Gasteiger charge is 2.23. The summed E-state index contributed by atoms with van der Waals surface area (Å²) in [5.41, 5.74) is 5.32. The number of nitrogen functional groups attached to an aromatic ring is 1. The fraction of sp³-hybridized carbons (Fsp3) is 0.435. The van der Waals surface area contributed by atoms with Crippen LogP contribution in [-0.4, -0.2) is 48.9 Å². The van der Waals surface area contributed by atoms with Crippen molar-refractivity contribution in [2.75, 3.05) is 44.1 Å². The van der Waals surface area contributed by atoms with E-state index in [1.54, 1.807) is 18.2 Å². The Morgan fingerprint density at radius 2 is 2.06 bits per heavy atom. The number of benzene rings is 1. The van der Waals surface area contributed by atoms with Crippen LogP contribution in [0.5, 0.6) is 11.5 Å². The fourth-order valence-electron chi connectivity index (χ4n) is 3.50. The molecule has 11 heteroatoms. The van der Waals surface area contributed by atoms with Crippen LogP contribution >= 0.6 is 11.6 Å². The molecule has 1 aliphatic heterocycles. The predicted molar refractivity (Wildman–Crippen MR) is 131 cm³/mol. The van der Waals surface area contributed by atoms with Gasteiger partial charge in [-0.25, -0.2) is 4.79 Å². The van der Waals surface area contributed by atoms with Crippen molar-refractivity contribution in [1.82, 2.24) is 9.55 Å². The van der Waals surface area contributed by atoms with E-state index in [-0.39, 0.29) is 37.1 Å². The molecule has 2 aromatic rings. The van der Waals surface area contributed by atoms with Crippen LogP contribution in [0.15, 0.2) is 27.8 Å². The van der Waals surface area contributed by atoms with E-state index in [4.69, 9.17) is 31.5 Å². The molecule has 1 aromatic carbocycles. The fourth-order valence-corrected chi connectivity index (χ4v) is 3.78. The van der Waals surface area contributed by atoms with Crippen LogP contribution in [0.4, 0.5) is 11.5 Å². The summed E-state index contributed by atoms with van der Waals surface area (Å²) in [4.78, 5) is 41.6. The number of aromatic nitrogens is 2. The number of hydrogen-bond donors (Lipinski definition) is 2. The molecule has 0 saturated heterocycles. The molecule has 0 saturated carbocycles. The summed E-state index contributed by atoms with van der Waals surface area (Å²) in [6.07, 6.45) is 3.58. The molecule has 184 valence electrons. The summed E-state index contributed by atoms with van der Waals surface area (Å²) < 4.78 is 17.7. The molecule has 0 radical (unpaired) electrons. The summed E-state index contributed by atoms with van der Waals surface area (Å²) in [6.45, 7) is 5.30. The minimum Gasteiger partial charge on any atom is -0.489 e. The number of aromatic amines is 1. The van der Waals surface area contributed by atoms with Gasteiger partial charge in [-0.1, -0.05) is 25.4 Å². The first-order chi connectivity index (χ1) is 16.2. The molecule has 10 nitrogen and oxygen atoms in total. The van der Waals surface area contributed by atoms with Crippen molar-refractivity contribution in [3.63, 3.8) is 0 Å². The zero-order valence-electron chi connectivity index (χ0n) is 19.4. The monoisotopic (exact) mass is 492 g/mol. The summed E-state index contributed by atoms with van der Waals surface area (Å²) in [5.74, 6) is 0.447. The molecule has 1 aromatic heterocycles. The molecule has 0 bridgehead atoms. The van der Waals surface area contributed by atoms with E-state index in [0.717, 1.165) is 6.42 Å². The number of amides is 1. The number of fused-ring (bicyclic) bond motifs is 1. The molecule has 3 rings (SSSR count). The number of methoxy groups -OCH3 is 1. The van der Waals surface area contributed by atoms with Crippen molar-refractivity contribution in [3.8, 4) is 11.5 Å². The molecule has 2 heterocycles. The second kappa shape index (κ2) is 11.3. The number of hydrogen-bond acceptors (Lipinski definition) is 7. The number of nitrogens with zero attached hydrogens (tertiary/aromatic N) is 2. The molecular weight excluding hydrogens is 464 g/mol.